The maximum absolute atomic E-state index is 13.8. The zero-order valence-electron chi connectivity index (χ0n) is 66.5. The molecule has 107 heavy (non-hydrogen) atoms. The number of hydrogen-bond acceptors (Lipinski definition) is 6. The molecule has 8 bridgehead atoms. The third kappa shape index (κ3) is 18.1. The minimum Gasteiger partial charge on any atom is -0.496 e. The maximum Gasteiger partial charge on any atom is 0.255 e. The molecule has 0 radical (unpaired) electrons. The second-order valence-electron chi connectivity index (χ2n) is 29.1. The van der Waals surface area contributed by atoms with Crippen LogP contribution in [0.2, 0.25) is 0 Å². The molecule has 3 aliphatic rings. The predicted octanol–water partition coefficient (Wildman–Crippen LogP) is 25.4. The second-order valence-corrected chi connectivity index (χ2v) is 29.1. The molecule has 2 amide bonds. The second kappa shape index (κ2) is 35.3. The summed E-state index contributed by atoms with van der Waals surface area (Å²) in [6.07, 6.45) is 36.9. The number of fused-ring (bicyclic) bond motifs is 9. The Kier molecular flexibility index (Phi) is 25.9. The minimum atomic E-state index is -0.218. The number of H-pyrrole nitrogens is 2. The van der Waals surface area contributed by atoms with E-state index in [-0.39, 0.29) is 17.2 Å². The van der Waals surface area contributed by atoms with Gasteiger partial charge < -0.3 is 30.1 Å². The van der Waals surface area contributed by atoms with Gasteiger partial charge in [-0.3, -0.25) is 9.59 Å². The fraction of sp³-hybridized carbons (Fsp3) is 0.278. The quantitative estimate of drug-likeness (QED) is 0.0530. The van der Waals surface area contributed by atoms with Gasteiger partial charge in [-0.2, -0.15) is 0 Å². The highest BCUT2D eigenvalue weighted by molar-refractivity contribution is 6.09. The van der Waals surface area contributed by atoms with Gasteiger partial charge >= 0.3 is 0 Å². The first-order chi connectivity index (χ1) is 51.4. The Labute approximate surface area is 635 Å². The number of benzene rings is 5. The molecule has 0 saturated carbocycles. The Bertz CT molecular complexity index is 5290. The van der Waals surface area contributed by atoms with Gasteiger partial charge in [0.25, 0.3) is 11.8 Å². The number of anilines is 1. The van der Waals surface area contributed by atoms with Gasteiger partial charge in [-0.1, -0.05) is 209 Å². The van der Waals surface area contributed by atoms with Crippen molar-refractivity contribution in [1.29, 1.82) is 0 Å². The molecule has 0 unspecified atom stereocenters. The number of rotatable bonds is 21. The van der Waals surface area contributed by atoms with Gasteiger partial charge in [-0.25, -0.2) is 9.97 Å². The van der Waals surface area contributed by atoms with Crippen LogP contribution in [0.15, 0.2) is 228 Å². The Morgan fingerprint density at radius 1 is 0.523 bits per heavy atom. The summed E-state index contributed by atoms with van der Waals surface area (Å²) in [5.74, 6) is 1.10. The van der Waals surface area contributed by atoms with Crippen LogP contribution in [0.3, 0.4) is 0 Å². The SMILES string of the molecule is CCC1=C(C)c2nc1cc1[nH]c(c(C)c1CC)c(-c1ccc(C)cc1)c1nc(cc3[nH]c(c(C)c3CC)c2-c2ccc(NC(=O)c3ccc4c(OC)ccc(OC)c4c3)cc2)C(CC)=C1C.CNC(=O)c1ccc(/C=C/C(C)=C/C=C/C(C)=C/C=C/C=C(C)/C=C/C=C(C)/C=C/C2=C(C)CCCC2(C)C)cc1. The Balaban J connectivity index is 0.000000257. The highest BCUT2D eigenvalue weighted by atomic mass is 16.5. The zero-order chi connectivity index (χ0) is 76.8. The van der Waals surface area contributed by atoms with E-state index in [1.54, 1.807) is 21.3 Å². The van der Waals surface area contributed by atoms with E-state index in [0.717, 1.165) is 126 Å². The number of aryl methyl sites for hydroxylation is 5. The molecule has 5 aromatic carbocycles. The standard InChI is InChI=1S/C58H59N5O3.C39H49NO/c1-12-40-32(6)54-52(36-18-16-31(5)17-19-36)55-33(7)41(13-2)47(61-55)30-49-43(15-4)35(9)57(63-49)53(56-34(8)42(14-3)48(62-56)29-46(40)60-54)37-20-23-39(24-21-37)59-58(64)38-22-25-44-45(28-38)51(66-11)27-26-50(44)65-10;1-30(16-11-18-32(3)21-23-35-24-26-36(27-25-35)38(41)40-8)14-9-10-15-31(2)17-12-19-33(4)22-28-37-34(5)20-13-29-39(37,6)7/h16-30,60,63H,12-15H2,1-11H3,(H,59,64);9-12,14-19,21-28H,13,20,29H2,1-8H3,(H,40,41)/b;10-9+,16-11+,17-12+,23-21+,28-22+,30-14+,31-15+,32-18+,33-19+. The Morgan fingerprint density at radius 3 is 1.47 bits per heavy atom. The molecule has 2 aliphatic heterocycles. The molecule has 4 N–H and O–H groups in total. The number of nitrogens with zero attached hydrogens (tertiary/aromatic N) is 2. The molecule has 8 aromatic rings. The molecule has 1 aliphatic carbocycles. The van der Waals surface area contributed by atoms with E-state index in [4.69, 9.17) is 19.4 Å². The zero-order valence-corrected chi connectivity index (χ0v) is 66.5. The van der Waals surface area contributed by atoms with Crippen LogP contribution in [-0.4, -0.2) is 53.0 Å². The van der Waals surface area contributed by atoms with E-state index in [1.807, 2.05) is 72.8 Å². The first-order valence-corrected chi connectivity index (χ1v) is 37.9. The summed E-state index contributed by atoms with van der Waals surface area (Å²) in [5, 5.41) is 7.46. The summed E-state index contributed by atoms with van der Waals surface area (Å²) in [6.45, 7) is 35.4. The predicted molar refractivity (Wildman–Crippen MR) is 456 cm³/mol. The van der Waals surface area contributed by atoms with Crippen LogP contribution in [-0.2, 0) is 12.8 Å². The average molecular weight is 1420 g/mol. The number of ether oxygens (including phenoxy) is 2. The number of nitrogens with one attached hydrogen (secondary N) is 4. The number of allylic oxidation sites excluding steroid dienone is 23. The van der Waals surface area contributed by atoms with Crippen molar-refractivity contribution < 1.29 is 19.1 Å². The van der Waals surface area contributed by atoms with Crippen molar-refractivity contribution in [3.8, 4) is 33.8 Å². The third-order valence-electron chi connectivity index (χ3n) is 21.1. The molecule has 5 heterocycles. The van der Waals surface area contributed by atoms with E-state index < -0.39 is 0 Å². The first kappa shape index (κ1) is 78.5. The van der Waals surface area contributed by atoms with Gasteiger partial charge in [0.2, 0.25) is 0 Å². The number of hydrogen-bond donors (Lipinski definition) is 4. The van der Waals surface area contributed by atoms with Crippen LogP contribution in [0.5, 0.6) is 11.5 Å². The maximum atomic E-state index is 13.8. The first-order valence-electron chi connectivity index (χ1n) is 37.9. The van der Waals surface area contributed by atoms with Crippen LogP contribution in [0.4, 0.5) is 5.69 Å². The molecule has 550 valence electrons. The molecule has 11 rings (SSSR count). The number of methoxy groups -OCH3 is 2. The summed E-state index contributed by atoms with van der Waals surface area (Å²) in [5.41, 5.74) is 34.4. The lowest BCUT2D eigenvalue weighted by molar-refractivity contribution is 0.0962. The smallest absolute Gasteiger partial charge is 0.255 e. The van der Waals surface area contributed by atoms with Crippen LogP contribution >= 0.6 is 0 Å². The van der Waals surface area contributed by atoms with Gasteiger partial charge in [0.15, 0.2) is 0 Å². The van der Waals surface area contributed by atoms with E-state index in [2.05, 4.69) is 259 Å². The molecule has 3 aromatic heterocycles. The van der Waals surface area contributed by atoms with Gasteiger partial charge in [-0.05, 0) is 253 Å². The van der Waals surface area contributed by atoms with Crippen LogP contribution in [0, 0.1) is 26.2 Å². The van der Waals surface area contributed by atoms with Crippen molar-refractivity contribution in [3.63, 3.8) is 0 Å². The Hall–Kier alpha value is -11.1. The van der Waals surface area contributed by atoms with Crippen molar-refractivity contribution in [2.24, 2.45) is 5.41 Å². The van der Waals surface area contributed by atoms with E-state index in [9.17, 15) is 9.59 Å². The number of aromatic amines is 2. The number of amides is 2. The Morgan fingerprint density at radius 2 is 0.991 bits per heavy atom. The van der Waals surface area contributed by atoms with Crippen molar-refractivity contribution in [1.82, 2.24) is 25.3 Å². The molecule has 0 fully saturated rings. The average Bonchev–Trinajstić information content (AvgIpc) is 1.60. The molecule has 0 spiro atoms. The summed E-state index contributed by atoms with van der Waals surface area (Å²) in [7, 11) is 4.91. The number of carbonyl (C=O) groups is 2. The molecule has 0 atom stereocenters. The summed E-state index contributed by atoms with van der Waals surface area (Å²) in [4.78, 5) is 44.5. The lowest BCUT2D eigenvalue weighted by atomic mass is 9.72. The fourth-order valence-corrected chi connectivity index (χ4v) is 15.0. The van der Waals surface area contributed by atoms with Crippen molar-refractivity contribution in [3.05, 3.63) is 295 Å². The van der Waals surface area contributed by atoms with E-state index in [0.29, 0.717) is 22.6 Å². The highest BCUT2D eigenvalue weighted by Gasteiger charge is 2.28. The topological polar surface area (TPSA) is 134 Å². The number of carbonyl (C=O) groups excluding carboxylic acids is 2. The minimum absolute atomic E-state index is 0.0725. The van der Waals surface area contributed by atoms with Crippen molar-refractivity contribution in [2.75, 3.05) is 26.6 Å². The van der Waals surface area contributed by atoms with Gasteiger partial charge in [0.1, 0.15) is 11.5 Å². The van der Waals surface area contributed by atoms with Crippen LogP contribution < -0.4 is 20.1 Å². The van der Waals surface area contributed by atoms with E-state index >= 15 is 0 Å². The summed E-state index contributed by atoms with van der Waals surface area (Å²) >= 11 is 0. The largest absolute Gasteiger partial charge is 0.496 e. The van der Waals surface area contributed by atoms with Crippen LogP contribution in [0.25, 0.3) is 83.5 Å². The lowest BCUT2D eigenvalue weighted by Crippen LogP contribution is -2.19. The summed E-state index contributed by atoms with van der Waals surface area (Å²) in [6, 6.07) is 38.4. The van der Waals surface area contributed by atoms with Crippen molar-refractivity contribution in [2.45, 2.75) is 156 Å². The van der Waals surface area contributed by atoms with Gasteiger partial charge in [-0.15, -0.1) is 0 Å². The molecule has 10 heteroatoms. The normalized spacial score (nSPS) is 14.6. The van der Waals surface area contributed by atoms with Gasteiger partial charge in [0.05, 0.1) is 48.0 Å². The number of aromatic nitrogens is 4. The highest BCUT2D eigenvalue weighted by Crippen LogP contribution is 2.45. The molecule has 10 nitrogen and oxygen atoms in total. The van der Waals surface area contributed by atoms with Crippen molar-refractivity contribution >= 4 is 78.7 Å². The molecular weight excluding hydrogens is 1310 g/mol. The monoisotopic (exact) mass is 1420 g/mol. The molecule has 0 saturated heterocycles. The third-order valence-corrected chi connectivity index (χ3v) is 21.1. The van der Waals surface area contributed by atoms with Crippen LogP contribution in [0.1, 0.15) is 199 Å². The summed E-state index contributed by atoms with van der Waals surface area (Å²) < 4.78 is 11.2. The molecular formula is C97H108N6O4. The lowest BCUT2D eigenvalue weighted by Gasteiger charge is -2.32. The fourth-order valence-electron chi connectivity index (χ4n) is 15.0. The van der Waals surface area contributed by atoms with E-state index in [1.165, 1.54) is 91.7 Å². The van der Waals surface area contributed by atoms with Gasteiger partial charge in [0, 0.05) is 56.8 Å².